The molecule has 0 saturated heterocycles. The predicted octanol–water partition coefficient (Wildman–Crippen LogP) is 4.57. The number of halogens is 3. The third-order valence-corrected chi connectivity index (χ3v) is 5.17. The Morgan fingerprint density at radius 3 is 2.52 bits per heavy atom. The molecule has 1 atom stereocenters. The van der Waals surface area contributed by atoms with Gasteiger partial charge >= 0.3 is 0 Å². The highest BCUT2D eigenvalue weighted by Gasteiger charge is 2.16. The molecular weight excluding hydrogens is 511 g/mol. The Kier molecular flexibility index (Phi) is 6.49. The van der Waals surface area contributed by atoms with E-state index in [1.807, 2.05) is 18.2 Å². The van der Waals surface area contributed by atoms with Crippen LogP contribution in [-0.4, -0.2) is 7.11 Å². The first-order valence-corrected chi connectivity index (χ1v) is 8.95. The van der Waals surface area contributed by atoms with Crippen molar-refractivity contribution in [2.24, 2.45) is 5.84 Å². The maximum Gasteiger partial charge on any atom is 0.122 e. The zero-order valence-corrected chi connectivity index (χ0v) is 16.7. The Hall–Kier alpha value is -0.150. The highest BCUT2D eigenvalue weighted by molar-refractivity contribution is 14.1. The van der Waals surface area contributed by atoms with Crippen LogP contribution in [0.4, 0.5) is 0 Å². The second-order valence-corrected chi connectivity index (χ2v) is 7.54. The highest BCUT2D eigenvalue weighted by Crippen LogP contribution is 2.30. The van der Waals surface area contributed by atoms with Gasteiger partial charge in [-0.1, -0.05) is 31.9 Å². The SMILES string of the molecule is COc1ccc(Br)cc1CC(NN)c1cc(Br)ccc1I. The van der Waals surface area contributed by atoms with Gasteiger partial charge < -0.3 is 4.74 Å². The molecule has 112 valence electrons. The van der Waals surface area contributed by atoms with Gasteiger partial charge in [0.15, 0.2) is 0 Å². The third kappa shape index (κ3) is 4.41. The molecule has 0 bridgehead atoms. The highest BCUT2D eigenvalue weighted by atomic mass is 127. The molecule has 0 aliphatic heterocycles. The number of benzene rings is 2. The summed E-state index contributed by atoms with van der Waals surface area (Å²) in [5, 5.41) is 0. The molecule has 2 rings (SSSR count). The van der Waals surface area contributed by atoms with Crippen LogP contribution in [-0.2, 0) is 6.42 Å². The smallest absolute Gasteiger partial charge is 0.122 e. The first kappa shape index (κ1) is 17.2. The molecule has 2 aromatic rings. The first-order chi connectivity index (χ1) is 10.0. The number of hydrogen-bond acceptors (Lipinski definition) is 3. The average molecular weight is 526 g/mol. The summed E-state index contributed by atoms with van der Waals surface area (Å²) < 4.78 is 8.68. The fourth-order valence-electron chi connectivity index (χ4n) is 2.17. The molecule has 3 N–H and O–H groups in total. The minimum atomic E-state index is 0.0117. The molecule has 3 nitrogen and oxygen atoms in total. The van der Waals surface area contributed by atoms with Crippen LogP contribution in [0.25, 0.3) is 0 Å². The molecule has 0 aromatic heterocycles. The Balaban J connectivity index is 2.35. The molecule has 0 radical (unpaired) electrons. The van der Waals surface area contributed by atoms with Gasteiger partial charge in [0.1, 0.15) is 5.75 Å². The van der Waals surface area contributed by atoms with Gasteiger partial charge in [0.05, 0.1) is 13.2 Å². The Bertz CT molecular complexity index is 637. The second kappa shape index (κ2) is 7.92. The molecular formula is C15H15Br2IN2O. The van der Waals surface area contributed by atoms with Crippen molar-refractivity contribution in [1.29, 1.82) is 0 Å². The van der Waals surface area contributed by atoms with Gasteiger partial charge in [-0.25, -0.2) is 0 Å². The lowest BCUT2D eigenvalue weighted by Crippen LogP contribution is -2.30. The van der Waals surface area contributed by atoms with E-state index in [0.29, 0.717) is 0 Å². The molecule has 1 unspecified atom stereocenters. The Labute approximate surface area is 155 Å². The van der Waals surface area contributed by atoms with E-state index in [4.69, 9.17) is 10.6 Å². The standard InChI is InChI=1S/C15H15Br2IN2O/c1-21-15-5-3-10(16)6-9(15)7-14(20-19)12-8-11(17)2-4-13(12)18/h2-6,8,14,20H,7,19H2,1H3. The maximum atomic E-state index is 5.78. The molecule has 0 heterocycles. The number of nitrogens with two attached hydrogens (primary N) is 1. The number of ether oxygens (including phenoxy) is 1. The summed E-state index contributed by atoms with van der Waals surface area (Å²) in [6, 6.07) is 12.2. The van der Waals surface area contributed by atoms with E-state index in [1.165, 1.54) is 3.57 Å². The van der Waals surface area contributed by atoms with Crippen LogP contribution in [0.15, 0.2) is 45.3 Å². The topological polar surface area (TPSA) is 47.3 Å². The largest absolute Gasteiger partial charge is 0.496 e. The molecule has 0 aliphatic carbocycles. The van der Waals surface area contributed by atoms with Crippen molar-refractivity contribution in [3.05, 3.63) is 60.0 Å². The lowest BCUT2D eigenvalue weighted by molar-refractivity contribution is 0.405. The predicted molar refractivity (Wildman–Crippen MR) is 101 cm³/mol. The van der Waals surface area contributed by atoms with Crippen LogP contribution >= 0.6 is 54.5 Å². The summed E-state index contributed by atoms with van der Waals surface area (Å²) in [7, 11) is 1.68. The van der Waals surface area contributed by atoms with Crippen molar-refractivity contribution in [1.82, 2.24) is 5.43 Å². The van der Waals surface area contributed by atoms with E-state index in [9.17, 15) is 0 Å². The number of nitrogens with one attached hydrogen (secondary N) is 1. The summed E-state index contributed by atoms with van der Waals surface area (Å²) in [5.74, 6) is 6.64. The fourth-order valence-corrected chi connectivity index (χ4v) is 3.67. The molecule has 0 amide bonds. The summed E-state index contributed by atoms with van der Waals surface area (Å²) >= 11 is 9.34. The van der Waals surface area contributed by atoms with Crippen LogP contribution in [0.5, 0.6) is 5.75 Å². The van der Waals surface area contributed by atoms with Crippen LogP contribution in [0.1, 0.15) is 17.2 Å². The summed E-state index contributed by atoms with van der Waals surface area (Å²) in [6.45, 7) is 0. The fraction of sp³-hybridized carbons (Fsp3) is 0.200. The van der Waals surface area contributed by atoms with Crippen molar-refractivity contribution in [3.8, 4) is 5.75 Å². The molecule has 0 fully saturated rings. The van der Waals surface area contributed by atoms with Gasteiger partial charge in [-0.05, 0) is 76.5 Å². The number of hydrazine groups is 1. The number of methoxy groups -OCH3 is 1. The van der Waals surface area contributed by atoms with Crippen molar-refractivity contribution in [2.45, 2.75) is 12.5 Å². The number of rotatable bonds is 5. The van der Waals surface area contributed by atoms with Crippen molar-refractivity contribution in [3.63, 3.8) is 0 Å². The van der Waals surface area contributed by atoms with Gasteiger partial charge in [0, 0.05) is 12.5 Å². The van der Waals surface area contributed by atoms with Crippen LogP contribution < -0.4 is 16.0 Å². The van der Waals surface area contributed by atoms with Gasteiger partial charge in [0.2, 0.25) is 0 Å². The molecule has 0 spiro atoms. The number of hydrogen-bond donors (Lipinski definition) is 2. The van der Waals surface area contributed by atoms with Crippen LogP contribution in [0, 0.1) is 3.57 Å². The van der Waals surface area contributed by atoms with E-state index >= 15 is 0 Å². The summed E-state index contributed by atoms with van der Waals surface area (Å²) in [5.41, 5.74) is 5.17. The molecule has 21 heavy (non-hydrogen) atoms. The van der Waals surface area contributed by atoms with E-state index in [2.05, 4.69) is 78.1 Å². The lowest BCUT2D eigenvalue weighted by atomic mass is 9.99. The van der Waals surface area contributed by atoms with Crippen LogP contribution in [0.3, 0.4) is 0 Å². The van der Waals surface area contributed by atoms with Gasteiger partial charge in [-0.3, -0.25) is 11.3 Å². The lowest BCUT2D eigenvalue weighted by Gasteiger charge is -2.20. The normalized spacial score (nSPS) is 12.2. The maximum absolute atomic E-state index is 5.78. The van der Waals surface area contributed by atoms with Crippen LogP contribution in [0.2, 0.25) is 0 Å². The Morgan fingerprint density at radius 2 is 1.86 bits per heavy atom. The third-order valence-electron chi connectivity index (χ3n) is 3.20. The molecule has 2 aromatic carbocycles. The zero-order chi connectivity index (χ0) is 15.4. The Morgan fingerprint density at radius 1 is 1.19 bits per heavy atom. The van der Waals surface area contributed by atoms with Gasteiger partial charge in [-0.2, -0.15) is 0 Å². The zero-order valence-electron chi connectivity index (χ0n) is 11.4. The molecule has 0 aliphatic rings. The van der Waals surface area contributed by atoms with E-state index in [1.54, 1.807) is 7.11 Å². The van der Waals surface area contributed by atoms with Crippen molar-refractivity contribution >= 4 is 54.5 Å². The summed E-state index contributed by atoms with van der Waals surface area (Å²) in [6.07, 6.45) is 0.742. The second-order valence-electron chi connectivity index (χ2n) is 4.55. The van der Waals surface area contributed by atoms with Gasteiger partial charge in [0.25, 0.3) is 0 Å². The molecule has 6 heteroatoms. The minimum Gasteiger partial charge on any atom is -0.496 e. The average Bonchev–Trinajstić information content (AvgIpc) is 2.47. The van der Waals surface area contributed by atoms with E-state index in [-0.39, 0.29) is 6.04 Å². The van der Waals surface area contributed by atoms with E-state index in [0.717, 1.165) is 32.2 Å². The van der Waals surface area contributed by atoms with Crippen molar-refractivity contribution in [2.75, 3.05) is 7.11 Å². The van der Waals surface area contributed by atoms with Gasteiger partial charge in [-0.15, -0.1) is 0 Å². The first-order valence-electron chi connectivity index (χ1n) is 6.28. The minimum absolute atomic E-state index is 0.0117. The quantitative estimate of drug-likeness (QED) is 0.341. The molecule has 0 saturated carbocycles. The monoisotopic (exact) mass is 524 g/mol. The van der Waals surface area contributed by atoms with Crippen molar-refractivity contribution < 1.29 is 4.74 Å². The summed E-state index contributed by atoms with van der Waals surface area (Å²) in [4.78, 5) is 0. The van der Waals surface area contributed by atoms with E-state index < -0.39 is 0 Å².